The zero-order chi connectivity index (χ0) is 14.8. The van der Waals surface area contributed by atoms with E-state index in [1.165, 1.54) is 48.7 Å². The van der Waals surface area contributed by atoms with Crippen molar-refractivity contribution >= 4 is 5.91 Å². The summed E-state index contributed by atoms with van der Waals surface area (Å²) in [5.41, 5.74) is -0.372. The predicted molar refractivity (Wildman–Crippen MR) is 65.9 cm³/mol. The van der Waals surface area contributed by atoms with Crippen molar-refractivity contribution in [3.63, 3.8) is 0 Å². The molecule has 0 aliphatic heterocycles. The molecule has 0 atom stereocenters. The molecular formula is C14H12F3NO2. The maximum absolute atomic E-state index is 12.9. The molecule has 1 aromatic carbocycles. The molecule has 1 heterocycles. The first kappa shape index (κ1) is 14.2. The van der Waals surface area contributed by atoms with Crippen molar-refractivity contribution in [2.75, 3.05) is 7.05 Å². The Labute approximate surface area is 113 Å². The van der Waals surface area contributed by atoms with Crippen LogP contribution >= 0.6 is 0 Å². The highest BCUT2D eigenvalue weighted by Crippen LogP contribution is 2.32. The van der Waals surface area contributed by atoms with Gasteiger partial charge >= 0.3 is 6.18 Å². The molecule has 0 unspecified atom stereocenters. The molecule has 0 aliphatic carbocycles. The van der Waals surface area contributed by atoms with Gasteiger partial charge in [-0.25, -0.2) is 0 Å². The van der Waals surface area contributed by atoms with Crippen LogP contribution in [0.15, 0.2) is 47.3 Å². The topological polar surface area (TPSA) is 33.5 Å². The van der Waals surface area contributed by atoms with E-state index in [0.29, 0.717) is 5.56 Å². The molecule has 0 bridgehead atoms. The molecule has 0 aliphatic rings. The number of carbonyl (C=O) groups excluding carboxylic acids is 1. The zero-order valence-corrected chi connectivity index (χ0v) is 10.6. The Hall–Kier alpha value is -2.24. The van der Waals surface area contributed by atoms with Crippen LogP contribution in [0.5, 0.6) is 0 Å². The van der Waals surface area contributed by atoms with E-state index in [4.69, 9.17) is 4.42 Å². The molecule has 3 nitrogen and oxygen atoms in total. The predicted octanol–water partition coefficient (Wildman–Crippen LogP) is 3.57. The van der Waals surface area contributed by atoms with Gasteiger partial charge in [0.2, 0.25) is 0 Å². The highest BCUT2D eigenvalue weighted by Gasteiger charge is 2.33. The second kappa shape index (κ2) is 5.40. The van der Waals surface area contributed by atoms with Gasteiger partial charge in [-0.3, -0.25) is 4.79 Å². The minimum Gasteiger partial charge on any atom is -0.472 e. The average molecular weight is 283 g/mol. The minimum atomic E-state index is -4.43. The second-order valence-corrected chi connectivity index (χ2v) is 4.33. The van der Waals surface area contributed by atoms with Gasteiger partial charge in [-0.05, 0) is 17.7 Å². The SMILES string of the molecule is CN(Cc1ccccc1C(F)(F)F)C(=O)c1ccoc1. The van der Waals surface area contributed by atoms with Gasteiger partial charge in [0.05, 0.1) is 17.4 Å². The number of amides is 1. The van der Waals surface area contributed by atoms with Crippen LogP contribution in [-0.2, 0) is 12.7 Å². The molecule has 0 N–H and O–H groups in total. The summed E-state index contributed by atoms with van der Waals surface area (Å²) in [6.45, 7) is -0.125. The fourth-order valence-electron chi connectivity index (χ4n) is 1.87. The summed E-state index contributed by atoms with van der Waals surface area (Å²) in [5.74, 6) is -0.393. The summed E-state index contributed by atoms with van der Waals surface area (Å²) >= 11 is 0. The number of benzene rings is 1. The van der Waals surface area contributed by atoms with Crippen LogP contribution < -0.4 is 0 Å². The van der Waals surface area contributed by atoms with Crippen LogP contribution in [0.2, 0.25) is 0 Å². The van der Waals surface area contributed by atoms with Crippen molar-refractivity contribution in [3.05, 3.63) is 59.5 Å². The van der Waals surface area contributed by atoms with Crippen LogP contribution in [0, 0.1) is 0 Å². The first-order valence-electron chi connectivity index (χ1n) is 5.82. The van der Waals surface area contributed by atoms with E-state index in [1.807, 2.05) is 0 Å². The van der Waals surface area contributed by atoms with Crippen LogP contribution in [0.3, 0.4) is 0 Å². The van der Waals surface area contributed by atoms with E-state index < -0.39 is 17.6 Å². The number of carbonyl (C=O) groups is 1. The van der Waals surface area contributed by atoms with Gasteiger partial charge in [-0.15, -0.1) is 0 Å². The van der Waals surface area contributed by atoms with Gasteiger partial charge in [0, 0.05) is 13.6 Å². The van der Waals surface area contributed by atoms with Gasteiger partial charge in [0.25, 0.3) is 5.91 Å². The molecule has 0 fully saturated rings. The maximum atomic E-state index is 12.9. The minimum absolute atomic E-state index is 0.0549. The number of rotatable bonds is 3. The lowest BCUT2D eigenvalue weighted by Gasteiger charge is -2.19. The van der Waals surface area contributed by atoms with Crippen molar-refractivity contribution in [2.24, 2.45) is 0 Å². The van der Waals surface area contributed by atoms with Gasteiger partial charge in [-0.2, -0.15) is 13.2 Å². The van der Waals surface area contributed by atoms with Crippen LogP contribution in [0.1, 0.15) is 21.5 Å². The van der Waals surface area contributed by atoms with Crippen LogP contribution in [0.25, 0.3) is 0 Å². The van der Waals surface area contributed by atoms with E-state index in [9.17, 15) is 18.0 Å². The number of furan rings is 1. The quantitative estimate of drug-likeness (QED) is 0.862. The number of hydrogen-bond donors (Lipinski definition) is 0. The lowest BCUT2D eigenvalue weighted by Crippen LogP contribution is -2.27. The molecule has 20 heavy (non-hydrogen) atoms. The van der Waals surface area contributed by atoms with E-state index in [1.54, 1.807) is 0 Å². The Bertz CT molecular complexity index is 591. The number of hydrogen-bond acceptors (Lipinski definition) is 2. The zero-order valence-electron chi connectivity index (χ0n) is 10.6. The monoisotopic (exact) mass is 283 g/mol. The normalized spacial score (nSPS) is 11.4. The van der Waals surface area contributed by atoms with Gasteiger partial charge in [0.15, 0.2) is 0 Å². The summed E-state index contributed by atoms with van der Waals surface area (Å²) in [6, 6.07) is 6.67. The number of halogens is 3. The summed E-state index contributed by atoms with van der Waals surface area (Å²) in [7, 11) is 1.45. The lowest BCUT2D eigenvalue weighted by atomic mass is 10.1. The van der Waals surface area contributed by atoms with Crippen molar-refractivity contribution in [3.8, 4) is 0 Å². The molecule has 1 amide bonds. The average Bonchev–Trinajstić information content (AvgIpc) is 2.91. The van der Waals surface area contributed by atoms with Crippen molar-refractivity contribution < 1.29 is 22.4 Å². The fraction of sp³-hybridized carbons (Fsp3) is 0.214. The molecule has 0 radical (unpaired) electrons. The first-order valence-corrected chi connectivity index (χ1v) is 5.82. The Morgan fingerprint density at radius 1 is 1.25 bits per heavy atom. The standard InChI is InChI=1S/C14H12F3NO2/c1-18(13(19)11-6-7-20-9-11)8-10-4-2-3-5-12(10)14(15,16)17/h2-7,9H,8H2,1H3. The molecule has 0 saturated heterocycles. The maximum Gasteiger partial charge on any atom is 0.416 e. The fourth-order valence-corrected chi connectivity index (χ4v) is 1.87. The Morgan fingerprint density at radius 2 is 1.95 bits per heavy atom. The summed E-state index contributed by atoms with van der Waals surface area (Å²) in [4.78, 5) is 13.2. The smallest absolute Gasteiger partial charge is 0.416 e. The van der Waals surface area contributed by atoms with Gasteiger partial charge < -0.3 is 9.32 Å². The number of nitrogens with zero attached hydrogens (tertiary/aromatic N) is 1. The number of alkyl halides is 3. The summed E-state index contributed by atoms with van der Waals surface area (Å²) < 4.78 is 43.4. The second-order valence-electron chi connectivity index (χ2n) is 4.33. The Balaban J connectivity index is 2.20. The van der Waals surface area contributed by atoms with E-state index in [2.05, 4.69) is 0 Å². The highest BCUT2D eigenvalue weighted by atomic mass is 19.4. The molecule has 0 saturated carbocycles. The molecule has 6 heteroatoms. The molecule has 106 valence electrons. The van der Waals surface area contributed by atoms with Crippen LogP contribution in [-0.4, -0.2) is 17.9 Å². The van der Waals surface area contributed by atoms with E-state index in [-0.39, 0.29) is 12.1 Å². The third kappa shape index (κ3) is 3.01. The Morgan fingerprint density at radius 3 is 2.55 bits per heavy atom. The van der Waals surface area contributed by atoms with Crippen molar-refractivity contribution in [1.82, 2.24) is 4.90 Å². The first-order chi connectivity index (χ1) is 9.39. The largest absolute Gasteiger partial charge is 0.472 e. The van der Waals surface area contributed by atoms with E-state index >= 15 is 0 Å². The Kier molecular flexibility index (Phi) is 3.83. The van der Waals surface area contributed by atoms with Crippen molar-refractivity contribution in [1.29, 1.82) is 0 Å². The molecule has 0 spiro atoms. The summed E-state index contributed by atoms with van der Waals surface area (Å²) in [6.07, 6.45) is -1.84. The summed E-state index contributed by atoms with van der Waals surface area (Å²) in [5, 5.41) is 0. The van der Waals surface area contributed by atoms with Crippen molar-refractivity contribution in [2.45, 2.75) is 12.7 Å². The molecule has 1 aromatic heterocycles. The third-order valence-electron chi connectivity index (χ3n) is 2.85. The highest BCUT2D eigenvalue weighted by molar-refractivity contribution is 5.93. The molecular weight excluding hydrogens is 271 g/mol. The molecule has 2 aromatic rings. The van der Waals surface area contributed by atoms with Crippen LogP contribution in [0.4, 0.5) is 13.2 Å². The van der Waals surface area contributed by atoms with Gasteiger partial charge in [0.1, 0.15) is 6.26 Å². The third-order valence-corrected chi connectivity index (χ3v) is 2.85. The van der Waals surface area contributed by atoms with E-state index in [0.717, 1.165) is 6.07 Å². The molecule has 2 rings (SSSR count). The van der Waals surface area contributed by atoms with Gasteiger partial charge in [-0.1, -0.05) is 18.2 Å². The lowest BCUT2D eigenvalue weighted by molar-refractivity contribution is -0.138.